The fraction of sp³-hybridized carbons (Fsp3) is 0. The highest BCUT2D eigenvalue weighted by Gasteiger charge is 2.16. The van der Waals surface area contributed by atoms with E-state index in [4.69, 9.17) is 0 Å². The van der Waals surface area contributed by atoms with Crippen molar-refractivity contribution in [2.75, 3.05) is 0 Å². The molecule has 4 heteroatoms. The molecule has 6 aromatic rings. The molecule has 2 heterocycles. The molecule has 0 radical (unpaired) electrons. The van der Waals surface area contributed by atoms with Gasteiger partial charge in [0, 0.05) is 39.7 Å². The van der Waals surface area contributed by atoms with Crippen LogP contribution in [-0.2, 0) is 0 Å². The van der Waals surface area contributed by atoms with Crippen LogP contribution in [0.15, 0.2) is 84.9 Å². The number of fused-ring (bicyclic) bond motifs is 2. The molecule has 160 valence electrons. The fourth-order valence-corrected chi connectivity index (χ4v) is 7.84. The van der Waals surface area contributed by atoms with Gasteiger partial charge in [-0.15, -0.1) is 22.7 Å². The van der Waals surface area contributed by atoms with Crippen LogP contribution in [-0.4, -0.2) is 0 Å². The summed E-state index contributed by atoms with van der Waals surface area (Å²) in [5.41, 5.74) is 2.10. The first-order chi connectivity index (χ1) is 16.7. The quantitative estimate of drug-likeness (QED) is 0.235. The lowest BCUT2D eigenvalue weighted by atomic mass is 10.1. The molecule has 0 bridgehead atoms. The Bertz CT molecular complexity index is 1950. The predicted molar refractivity (Wildman–Crippen MR) is 134 cm³/mol. The van der Waals surface area contributed by atoms with Gasteiger partial charge >= 0.3 is 0 Å². The zero-order valence-corrected chi connectivity index (χ0v) is 19.3. The predicted octanol–water partition coefficient (Wildman–Crippen LogP) is 8.35. The van der Waals surface area contributed by atoms with Crippen LogP contribution < -0.4 is 0 Å². The van der Waals surface area contributed by atoms with Crippen molar-refractivity contribution in [3.8, 4) is 20.9 Å². The van der Waals surface area contributed by atoms with Crippen LogP contribution in [0.5, 0.6) is 0 Å². The van der Waals surface area contributed by atoms with Crippen molar-refractivity contribution >= 4 is 33.4 Å². The Kier molecular flexibility index (Phi) is 3.59. The number of hydrogen-bond acceptors (Lipinski definition) is 2. The van der Waals surface area contributed by atoms with Gasteiger partial charge in [-0.1, -0.05) is 48.5 Å². The van der Waals surface area contributed by atoms with E-state index in [0.717, 1.165) is 20.9 Å². The van der Waals surface area contributed by atoms with Crippen LogP contribution in [0.1, 0.15) is 0 Å². The van der Waals surface area contributed by atoms with Crippen LogP contribution in [0.2, 0.25) is 0 Å². The third kappa shape index (κ3) is 2.39. The lowest BCUT2D eigenvalue weighted by Crippen LogP contribution is -1.80. The zero-order chi connectivity index (χ0) is 22.6. The molecule has 0 N–H and O–H groups in total. The van der Waals surface area contributed by atoms with E-state index in [1.54, 1.807) is 22.7 Å². The number of benzene rings is 4. The second kappa shape index (κ2) is 6.50. The van der Waals surface area contributed by atoms with Crippen molar-refractivity contribution in [3.05, 3.63) is 137 Å². The molecular formula is C30H14F2S2. The Morgan fingerprint density at radius 2 is 0.794 bits per heavy atom. The van der Waals surface area contributed by atoms with Gasteiger partial charge < -0.3 is 0 Å². The van der Waals surface area contributed by atoms with E-state index in [1.165, 1.54) is 75.4 Å². The molecule has 4 aromatic carbocycles. The van der Waals surface area contributed by atoms with Crippen LogP contribution in [0.3, 0.4) is 0 Å². The maximum Gasteiger partial charge on any atom is 0.123 e. The first kappa shape index (κ1) is 18.8. The largest absolute Gasteiger partial charge is 0.207 e. The van der Waals surface area contributed by atoms with Crippen molar-refractivity contribution in [1.29, 1.82) is 0 Å². The molecule has 8 rings (SSSR count). The summed E-state index contributed by atoms with van der Waals surface area (Å²) in [6.45, 7) is 0. The van der Waals surface area contributed by atoms with Gasteiger partial charge in [0.15, 0.2) is 0 Å². The number of thiophene rings is 2. The van der Waals surface area contributed by atoms with Gasteiger partial charge in [0.1, 0.15) is 11.6 Å². The molecule has 0 spiro atoms. The maximum absolute atomic E-state index is 13.4. The van der Waals surface area contributed by atoms with Crippen LogP contribution in [0.4, 0.5) is 8.78 Å². The van der Waals surface area contributed by atoms with Crippen LogP contribution in [0, 0.1) is 52.0 Å². The number of hydrogen-bond donors (Lipinski definition) is 0. The van der Waals surface area contributed by atoms with E-state index in [2.05, 4.69) is 36.4 Å². The highest BCUT2D eigenvalue weighted by atomic mass is 32.1. The second-order valence-electron chi connectivity index (χ2n) is 8.79. The zero-order valence-electron chi connectivity index (χ0n) is 17.7. The van der Waals surface area contributed by atoms with E-state index in [1.807, 2.05) is 24.3 Å². The minimum atomic E-state index is -0.212. The summed E-state index contributed by atoms with van der Waals surface area (Å²) in [6.07, 6.45) is 0. The Morgan fingerprint density at radius 1 is 0.412 bits per heavy atom. The van der Waals surface area contributed by atoms with Crippen molar-refractivity contribution in [1.82, 2.24) is 0 Å². The van der Waals surface area contributed by atoms with Gasteiger partial charge in [0.25, 0.3) is 0 Å². The van der Waals surface area contributed by atoms with Gasteiger partial charge in [-0.3, -0.25) is 0 Å². The summed E-state index contributed by atoms with van der Waals surface area (Å²) >= 11 is 3.56. The molecule has 0 amide bonds. The molecule has 0 nitrogen and oxygen atoms in total. The van der Waals surface area contributed by atoms with E-state index >= 15 is 0 Å². The lowest BCUT2D eigenvalue weighted by Gasteiger charge is -2.00. The molecular weight excluding hydrogens is 462 g/mol. The topological polar surface area (TPSA) is 0 Å². The SMILES string of the molecule is Fc1ccc(-c2cc3c(s2)=c2ccc4c5c(ccc=3c25)=c2cc(-c3ccc(F)cc3)sc2=4)cc1. The van der Waals surface area contributed by atoms with Crippen LogP contribution in [0.25, 0.3) is 31.7 Å². The molecule has 0 saturated heterocycles. The standard InChI is InChI=1S/C30H14F2S2/c31-17-5-1-15(2-6-17)25-13-23-19-9-10-20-24-14-26(16-3-7-18(32)8-4-16)34-30(24)22-12-11-21(29(23)33-25)27(19)28(20)22/h1-14H. The number of rotatable bonds is 2. The number of halogens is 2. The Hall–Kier alpha value is -3.60. The molecule has 34 heavy (non-hydrogen) atoms. The normalized spacial score (nSPS) is 12.4. The monoisotopic (exact) mass is 476 g/mol. The summed E-state index contributed by atoms with van der Waals surface area (Å²) in [5, 5.41) is 10.4. The Labute approximate surface area is 199 Å². The average molecular weight is 477 g/mol. The van der Waals surface area contributed by atoms with E-state index in [9.17, 15) is 8.78 Å². The average Bonchev–Trinajstić information content (AvgIpc) is 3.59. The van der Waals surface area contributed by atoms with Crippen LogP contribution >= 0.6 is 22.7 Å². The summed E-state index contributed by atoms with van der Waals surface area (Å²) in [7, 11) is 0. The molecule has 0 atom stereocenters. The molecule has 0 unspecified atom stereocenters. The first-order valence-electron chi connectivity index (χ1n) is 11.1. The summed E-state index contributed by atoms with van der Waals surface area (Å²) in [6, 6.07) is 27.0. The molecule has 0 fully saturated rings. The van der Waals surface area contributed by atoms with E-state index < -0.39 is 0 Å². The molecule has 2 aliphatic rings. The first-order valence-corrected chi connectivity index (χ1v) is 12.7. The van der Waals surface area contributed by atoms with E-state index in [0.29, 0.717) is 0 Å². The fourth-order valence-electron chi connectivity index (χ4n) is 5.42. The minimum Gasteiger partial charge on any atom is -0.207 e. The molecule has 0 saturated carbocycles. The maximum atomic E-state index is 13.4. The van der Waals surface area contributed by atoms with Crippen molar-refractivity contribution in [2.24, 2.45) is 0 Å². The second-order valence-corrected chi connectivity index (χ2v) is 10.9. The molecule has 0 aliphatic heterocycles. The van der Waals surface area contributed by atoms with Gasteiger partial charge in [0.05, 0.1) is 0 Å². The Balaban J connectivity index is 1.44. The van der Waals surface area contributed by atoms with Gasteiger partial charge in [0.2, 0.25) is 0 Å². The third-order valence-electron chi connectivity index (χ3n) is 6.95. The van der Waals surface area contributed by atoms with Gasteiger partial charge in [-0.05, 0) is 68.7 Å². The molecule has 2 aromatic heterocycles. The van der Waals surface area contributed by atoms with Gasteiger partial charge in [-0.25, -0.2) is 8.78 Å². The lowest BCUT2D eigenvalue weighted by molar-refractivity contribution is 0.627. The highest BCUT2D eigenvalue weighted by molar-refractivity contribution is 7.14. The van der Waals surface area contributed by atoms with Crippen molar-refractivity contribution in [3.63, 3.8) is 0 Å². The highest BCUT2D eigenvalue weighted by Crippen LogP contribution is 2.37. The third-order valence-corrected chi connectivity index (χ3v) is 9.39. The minimum absolute atomic E-state index is 0.212. The summed E-state index contributed by atoms with van der Waals surface area (Å²) in [4.78, 5) is 2.32. The summed E-state index contributed by atoms with van der Waals surface area (Å²) < 4.78 is 29.4. The molecule has 2 aliphatic carbocycles. The van der Waals surface area contributed by atoms with Crippen molar-refractivity contribution < 1.29 is 8.78 Å². The Morgan fingerprint density at radius 3 is 1.21 bits per heavy atom. The smallest absolute Gasteiger partial charge is 0.123 e. The van der Waals surface area contributed by atoms with E-state index in [-0.39, 0.29) is 11.6 Å². The van der Waals surface area contributed by atoms with Gasteiger partial charge in [-0.2, -0.15) is 0 Å². The summed E-state index contributed by atoms with van der Waals surface area (Å²) in [5.74, 6) is -0.423. The van der Waals surface area contributed by atoms with Crippen molar-refractivity contribution in [2.45, 2.75) is 0 Å².